The van der Waals surface area contributed by atoms with Crippen molar-refractivity contribution in [3.8, 4) is 11.3 Å². The highest BCUT2D eigenvalue weighted by Crippen LogP contribution is 2.24. The molecule has 0 fully saturated rings. The summed E-state index contributed by atoms with van der Waals surface area (Å²) in [5.74, 6) is -2.50. The number of thioether (sulfide) groups is 1. The Hall–Kier alpha value is -1.49. The Balaban J connectivity index is 2.29. The molecule has 0 aliphatic rings. The predicted molar refractivity (Wildman–Crippen MR) is 64.1 cm³/mol. The maximum absolute atomic E-state index is 12.2. The summed E-state index contributed by atoms with van der Waals surface area (Å²) in [7, 11) is 0. The van der Waals surface area contributed by atoms with Crippen LogP contribution in [0.1, 0.15) is 5.56 Å². The molecular formula is C12H10F2N2S. The molecule has 0 spiro atoms. The van der Waals surface area contributed by atoms with E-state index in [1.165, 1.54) is 6.20 Å². The molecule has 0 saturated carbocycles. The van der Waals surface area contributed by atoms with Gasteiger partial charge in [0.25, 0.3) is 5.76 Å². The van der Waals surface area contributed by atoms with Gasteiger partial charge in [0.1, 0.15) is 0 Å². The molecule has 0 unspecified atom stereocenters. The van der Waals surface area contributed by atoms with Crippen molar-refractivity contribution in [3.63, 3.8) is 0 Å². The number of rotatable bonds is 3. The molecule has 0 bridgehead atoms. The molecule has 2 rings (SSSR count). The van der Waals surface area contributed by atoms with Gasteiger partial charge in [-0.15, -0.1) is 0 Å². The number of hydrogen-bond acceptors (Lipinski definition) is 3. The molecule has 17 heavy (non-hydrogen) atoms. The van der Waals surface area contributed by atoms with Gasteiger partial charge in [0.15, 0.2) is 5.16 Å². The number of halogens is 2. The van der Waals surface area contributed by atoms with Crippen LogP contribution in [-0.2, 0) is 0 Å². The zero-order valence-corrected chi connectivity index (χ0v) is 9.92. The van der Waals surface area contributed by atoms with Gasteiger partial charge in [-0.05, 0) is 24.8 Å². The van der Waals surface area contributed by atoms with Gasteiger partial charge in [0.05, 0.1) is 5.69 Å². The smallest absolute Gasteiger partial charge is 0.231 e. The number of benzene rings is 1. The van der Waals surface area contributed by atoms with E-state index in [0.29, 0.717) is 17.5 Å². The second-order valence-electron chi connectivity index (χ2n) is 3.47. The summed E-state index contributed by atoms with van der Waals surface area (Å²) in [6.07, 6.45) is 1.49. The Morgan fingerprint density at radius 2 is 1.82 bits per heavy atom. The van der Waals surface area contributed by atoms with Gasteiger partial charge >= 0.3 is 0 Å². The summed E-state index contributed by atoms with van der Waals surface area (Å²) >= 11 is 0.355. The molecule has 2 aromatic rings. The molecule has 0 radical (unpaired) electrons. The minimum atomic E-state index is -2.50. The number of hydrogen-bond donors (Lipinski definition) is 0. The summed E-state index contributed by atoms with van der Waals surface area (Å²) in [5, 5.41) is 0.0954. The van der Waals surface area contributed by atoms with Gasteiger partial charge < -0.3 is 0 Å². The van der Waals surface area contributed by atoms with Gasteiger partial charge in [-0.3, -0.25) is 0 Å². The monoisotopic (exact) mass is 252 g/mol. The number of alkyl halides is 2. The molecule has 0 saturated heterocycles. The minimum absolute atomic E-state index is 0.0954. The van der Waals surface area contributed by atoms with Crippen molar-refractivity contribution in [2.45, 2.75) is 17.8 Å². The molecular weight excluding hydrogens is 242 g/mol. The molecule has 0 atom stereocenters. The van der Waals surface area contributed by atoms with E-state index in [-0.39, 0.29) is 5.16 Å². The lowest BCUT2D eigenvalue weighted by atomic mass is 10.1. The van der Waals surface area contributed by atoms with Crippen molar-refractivity contribution in [2.75, 3.05) is 0 Å². The van der Waals surface area contributed by atoms with Gasteiger partial charge in [-0.1, -0.05) is 29.8 Å². The van der Waals surface area contributed by atoms with E-state index in [4.69, 9.17) is 0 Å². The summed E-state index contributed by atoms with van der Waals surface area (Å²) in [4.78, 5) is 7.88. The maximum atomic E-state index is 12.2. The highest BCUT2D eigenvalue weighted by Gasteiger charge is 2.09. The Labute approximate surface area is 102 Å². The normalized spacial score (nSPS) is 10.8. The summed E-state index contributed by atoms with van der Waals surface area (Å²) in [6.45, 7) is 1.99. The largest absolute Gasteiger partial charge is 0.291 e. The van der Waals surface area contributed by atoms with Crippen LogP contribution in [0.25, 0.3) is 11.3 Å². The van der Waals surface area contributed by atoms with Crippen LogP contribution in [0.2, 0.25) is 0 Å². The fourth-order valence-corrected chi connectivity index (χ4v) is 1.79. The molecule has 0 amide bonds. The van der Waals surface area contributed by atoms with Crippen LogP contribution in [-0.4, -0.2) is 15.7 Å². The van der Waals surface area contributed by atoms with Crippen LogP contribution in [0.4, 0.5) is 8.78 Å². The zero-order valence-electron chi connectivity index (χ0n) is 9.10. The molecule has 0 aliphatic heterocycles. The van der Waals surface area contributed by atoms with Crippen molar-refractivity contribution < 1.29 is 8.78 Å². The van der Waals surface area contributed by atoms with E-state index in [0.717, 1.165) is 11.1 Å². The van der Waals surface area contributed by atoms with E-state index in [9.17, 15) is 8.78 Å². The lowest BCUT2D eigenvalue weighted by molar-refractivity contribution is 0.251. The SMILES string of the molecule is Cc1ccc(-c2ccnc(SC(F)F)n2)cc1. The van der Waals surface area contributed by atoms with Gasteiger partial charge in [0.2, 0.25) is 0 Å². The number of nitrogens with zero attached hydrogens (tertiary/aromatic N) is 2. The molecule has 0 aliphatic carbocycles. The van der Waals surface area contributed by atoms with Crippen LogP contribution in [0, 0.1) is 6.92 Å². The third-order valence-corrected chi connectivity index (χ3v) is 2.76. The quantitative estimate of drug-likeness (QED) is 0.614. The molecule has 1 heterocycles. The zero-order chi connectivity index (χ0) is 12.3. The van der Waals surface area contributed by atoms with Gasteiger partial charge in [-0.2, -0.15) is 8.78 Å². The molecule has 0 N–H and O–H groups in total. The van der Waals surface area contributed by atoms with Crippen molar-refractivity contribution >= 4 is 11.8 Å². The topological polar surface area (TPSA) is 25.8 Å². The van der Waals surface area contributed by atoms with Gasteiger partial charge in [-0.25, -0.2) is 9.97 Å². The molecule has 2 nitrogen and oxygen atoms in total. The average molecular weight is 252 g/mol. The molecule has 88 valence electrons. The second kappa shape index (κ2) is 5.23. The first-order valence-corrected chi connectivity index (χ1v) is 5.88. The molecule has 5 heteroatoms. The first-order chi connectivity index (χ1) is 8.15. The summed E-state index contributed by atoms with van der Waals surface area (Å²) < 4.78 is 24.4. The highest BCUT2D eigenvalue weighted by molar-refractivity contribution is 7.99. The predicted octanol–water partition coefficient (Wildman–Crippen LogP) is 3.77. The molecule has 1 aromatic heterocycles. The van der Waals surface area contributed by atoms with E-state index < -0.39 is 5.76 Å². The summed E-state index contributed by atoms with van der Waals surface area (Å²) in [5.41, 5.74) is 2.70. The summed E-state index contributed by atoms with van der Waals surface area (Å²) in [6, 6.07) is 9.44. The standard InChI is InChI=1S/C12H10F2N2S/c1-8-2-4-9(5-3-8)10-6-7-15-12(16-10)17-11(13)14/h2-7,11H,1H3. The Morgan fingerprint density at radius 1 is 1.12 bits per heavy atom. The third kappa shape index (κ3) is 3.23. The fourth-order valence-electron chi connectivity index (χ4n) is 1.36. The Bertz CT molecular complexity index is 500. The van der Waals surface area contributed by atoms with E-state index >= 15 is 0 Å². The van der Waals surface area contributed by atoms with Crippen LogP contribution >= 0.6 is 11.8 Å². The van der Waals surface area contributed by atoms with Crippen molar-refractivity contribution in [1.82, 2.24) is 9.97 Å². The lowest BCUT2D eigenvalue weighted by Crippen LogP contribution is -1.92. The third-order valence-electron chi connectivity index (χ3n) is 2.18. The number of aromatic nitrogens is 2. The average Bonchev–Trinajstić information content (AvgIpc) is 2.29. The van der Waals surface area contributed by atoms with Crippen molar-refractivity contribution in [2.24, 2.45) is 0 Å². The van der Waals surface area contributed by atoms with E-state index in [1.807, 2.05) is 31.2 Å². The van der Waals surface area contributed by atoms with Crippen molar-refractivity contribution in [1.29, 1.82) is 0 Å². The van der Waals surface area contributed by atoms with E-state index in [2.05, 4.69) is 9.97 Å². The Morgan fingerprint density at radius 3 is 2.47 bits per heavy atom. The molecule has 1 aromatic carbocycles. The first kappa shape index (κ1) is 12.0. The first-order valence-electron chi connectivity index (χ1n) is 5.00. The minimum Gasteiger partial charge on any atom is -0.231 e. The second-order valence-corrected chi connectivity index (χ2v) is 4.43. The fraction of sp³-hybridized carbons (Fsp3) is 0.167. The van der Waals surface area contributed by atoms with Gasteiger partial charge in [0, 0.05) is 11.8 Å². The van der Waals surface area contributed by atoms with E-state index in [1.54, 1.807) is 6.07 Å². The lowest BCUT2D eigenvalue weighted by Gasteiger charge is -2.03. The van der Waals surface area contributed by atoms with Crippen LogP contribution in [0.15, 0.2) is 41.7 Å². The van der Waals surface area contributed by atoms with Crippen molar-refractivity contribution in [3.05, 3.63) is 42.1 Å². The van der Waals surface area contributed by atoms with Crippen LogP contribution in [0.3, 0.4) is 0 Å². The van der Waals surface area contributed by atoms with Crippen LogP contribution in [0.5, 0.6) is 0 Å². The Kier molecular flexibility index (Phi) is 3.68. The van der Waals surface area contributed by atoms with Crippen LogP contribution < -0.4 is 0 Å². The maximum Gasteiger partial charge on any atom is 0.291 e. The highest BCUT2D eigenvalue weighted by atomic mass is 32.2. The number of aryl methyl sites for hydroxylation is 1.